The van der Waals surface area contributed by atoms with Gasteiger partial charge in [0.2, 0.25) is 0 Å². The number of H-pyrrole nitrogens is 1. The molecule has 6 heteroatoms. The number of hydrogen-bond donors (Lipinski definition) is 3. The molecule has 0 aliphatic carbocycles. The Bertz CT molecular complexity index is 1060. The van der Waals surface area contributed by atoms with E-state index in [4.69, 9.17) is 4.18 Å². The molecule has 4 rings (SSSR count). The third kappa shape index (κ3) is 5.19. The van der Waals surface area contributed by atoms with E-state index in [0.29, 0.717) is 0 Å². The average molecular weight is 406 g/mol. The van der Waals surface area contributed by atoms with Gasteiger partial charge in [-0.1, -0.05) is 48.5 Å². The van der Waals surface area contributed by atoms with Gasteiger partial charge in [-0.2, -0.15) is 0 Å². The quantitative estimate of drug-likeness (QED) is 0.209. The van der Waals surface area contributed by atoms with E-state index in [0.717, 1.165) is 34.1 Å². The highest BCUT2D eigenvalue weighted by atomic mass is 32.2. The number of anilines is 2. The van der Waals surface area contributed by atoms with Gasteiger partial charge in [-0.05, 0) is 35.4 Å². The summed E-state index contributed by atoms with van der Waals surface area (Å²) in [6, 6.07) is 24.1. The topological polar surface area (TPSA) is 66.2 Å². The number of aldehydes is 1. The number of carbonyl (C=O) groups is 1. The second kappa shape index (κ2) is 10.4. The first-order chi connectivity index (χ1) is 14.3. The fourth-order valence-electron chi connectivity index (χ4n) is 2.95. The summed E-state index contributed by atoms with van der Waals surface area (Å²) < 4.78 is 8.06. The zero-order chi connectivity index (χ0) is 20.5. The van der Waals surface area contributed by atoms with Gasteiger partial charge in [0.05, 0.1) is 18.5 Å². The molecular formula is C23H23N3O2S. The van der Waals surface area contributed by atoms with Crippen LogP contribution in [0.15, 0.2) is 79.0 Å². The molecule has 0 aliphatic rings. The van der Waals surface area contributed by atoms with Gasteiger partial charge in [-0.3, -0.25) is 4.79 Å². The molecule has 29 heavy (non-hydrogen) atoms. The fourth-order valence-corrected chi connectivity index (χ4v) is 3.30. The van der Waals surface area contributed by atoms with Crippen molar-refractivity contribution >= 4 is 40.8 Å². The lowest BCUT2D eigenvalue weighted by Crippen LogP contribution is -1.96. The lowest BCUT2D eigenvalue weighted by atomic mass is 10.0. The predicted octanol–water partition coefficient (Wildman–Crippen LogP) is 6.00. The second-order valence-corrected chi connectivity index (χ2v) is 6.84. The van der Waals surface area contributed by atoms with Crippen molar-refractivity contribution in [1.82, 2.24) is 4.98 Å². The van der Waals surface area contributed by atoms with Crippen LogP contribution < -0.4 is 10.0 Å². The van der Waals surface area contributed by atoms with E-state index in [1.807, 2.05) is 61.8 Å². The smallest absolute Gasteiger partial charge is 0.150 e. The van der Waals surface area contributed by atoms with Crippen molar-refractivity contribution in [3.05, 3.63) is 84.6 Å². The van der Waals surface area contributed by atoms with Crippen molar-refractivity contribution in [3.8, 4) is 11.1 Å². The van der Waals surface area contributed by atoms with Gasteiger partial charge in [-0.15, -0.1) is 0 Å². The number of nitrogens with one attached hydrogen (secondary N) is 3. The van der Waals surface area contributed by atoms with Crippen molar-refractivity contribution in [2.75, 3.05) is 24.2 Å². The lowest BCUT2D eigenvalue weighted by molar-refractivity contribution is 0.112. The Morgan fingerprint density at radius 3 is 2.48 bits per heavy atom. The molecule has 0 fully saturated rings. The number of aromatic nitrogens is 1. The maximum atomic E-state index is 10.5. The van der Waals surface area contributed by atoms with Crippen LogP contribution >= 0.6 is 12.2 Å². The Morgan fingerprint density at radius 2 is 1.76 bits per heavy atom. The standard InChI is InChI=1S/C14H16N2OS.C9H7NO/c1-15-14-10-12(11-6-4-3-5-7-11)8-9-13(14)16-18-17-2;11-6-7-2-1-3-9-8(7)4-5-10-9/h3-10,15-16H,1-2H3;1-6,10H. The minimum absolute atomic E-state index is 0.740. The highest BCUT2D eigenvalue weighted by Crippen LogP contribution is 2.30. The summed E-state index contributed by atoms with van der Waals surface area (Å²) in [7, 11) is 3.54. The summed E-state index contributed by atoms with van der Waals surface area (Å²) in [5.74, 6) is 0. The molecule has 0 bridgehead atoms. The fraction of sp³-hybridized carbons (Fsp3) is 0.0870. The molecule has 3 N–H and O–H groups in total. The van der Waals surface area contributed by atoms with Crippen LogP contribution in [0.2, 0.25) is 0 Å². The van der Waals surface area contributed by atoms with Gasteiger partial charge in [-0.25, -0.2) is 0 Å². The average Bonchev–Trinajstić information content (AvgIpc) is 3.27. The molecule has 0 spiro atoms. The van der Waals surface area contributed by atoms with E-state index in [2.05, 4.69) is 39.3 Å². The minimum atomic E-state index is 0.740. The second-order valence-electron chi connectivity index (χ2n) is 6.13. The summed E-state index contributed by atoms with van der Waals surface area (Å²) in [6.45, 7) is 0. The van der Waals surface area contributed by atoms with Crippen molar-refractivity contribution in [1.29, 1.82) is 0 Å². The molecule has 4 aromatic rings. The minimum Gasteiger partial charge on any atom is -0.386 e. The number of rotatable bonds is 6. The molecule has 3 aromatic carbocycles. The molecule has 0 unspecified atom stereocenters. The molecule has 5 nitrogen and oxygen atoms in total. The third-order valence-corrected chi connectivity index (χ3v) is 4.86. The first-order valence-electron chi connectivity index (χ1n) is 9.11. The van der Waals surface area contributed by atoms with Crippen molar-refractivity contribution in [3.63, 3.8) is 0 Å². The van der Waals surface area contributed by atoms with Crippen LogP contribution in [0.1, 0.15) is 10.4 Å². The Labute approximate surface area is 174 Å². The molecule has 0 aliphatic heterocycles. The molecule has 0 atom stereocenters. The van der Waals surface area contributed by atoms with Gasteiger partial charge in [0, 0.05) is 29.7 Å². The Morgan fingerprint density at radius 1 is 0.931 bits per heavy atom. The first-order valence-corrected chi connectivity index (χ1v) is 9.85. The van der Waals surface area contributed by atoms with Crippen molar-refractivity contribution < 1.29 is 8.98 Å². The molecule has 0 saturated heterocycles. The monoisotopic (exact) mass is 405 g/mol. The number of fused-ring (bicyclic) bond motifs is 1. The number of benzene rings is 3. The molecule has 0 saturated carbocycles. The summed E-state index contributed by atoms with van der Waals surface area (Å²) in [5.41, 5.74) is 6.19. The Hall–Kier alpha value is -3.22. The zero-order valence-corrected chi connectivity index (χ0v) is 17.1. The van der Waals surface area contributed by atoms with Gasteiger partial charge in [0.1, 0.15) is 12.2 Å². The number of hydrogen-bond acceptors (Lipinski definition) is 5. The SMILES string of the molecule is CNc1cc(-c2ccccc2)ccc1NSOC.O=Cc1cccc2[nH]ccc12. The highest BCUT2D eigenvalue weighted by molar-refractivity contribution is 7.96. The van der Waals surface area contributed by atoms with E-state index in [-0.39, 0.29) is 0 Å². The van der Waals surface area contributed by atoms with Gasteiger partial charge < -0.3 is 19.2 Å². The molecule has 0 amide bonds. The van der Waals surface area contributed by atoms with E-state index < -0.39 is 0 Å². The van der Waals surface area contributed by atoms with E-state index in [1.54, 1.807) is 7.11 Å². The van der Waals surface area contributed by atoms with Crippen LogP contribution in [-0.4, -0.2) is 25.4 Å². The maximum absolute atomic E-state index is 10.5. The number of aromatic amines is 1. The van der Waals surface area contributed by atoms with Gasteiger partial charge in [0.25, 0.3) is 0 Å². The van der Waals surface area contributed by atoms with Crippen LogP contribution in [0.25, 0.3) is 22.0 Å². The molecule has 1 heterocycles. The summed E-state index contributed by atoms with van der Waals surface area (Å²) >= 11 is 1.20. The van der Waals surface area contributed by atoms with Crippen molar-refractivity contribution in [2.24, 2.45) is 0 Å². The largest absolute Gasteiger partial charge is 0.386 e. The van der Waals surface area contributed by atoms with Gasteiger partial charge in [0.15, 0.2) is 6.29 Å². The molecule has 148 valence electrons. The summed E-state index contributed by atoms with van der Waals surface area (Å²) in [4.78, 5) is 13.5. The summed E-state index contributed by atoms with van der Waals surface area (Å²) in [5, 5.41) is 4.17. The lowest BCUT2D eigenvalue weighted by Gasteiger charge is -2.12. The molecular weight excluding hydrogens is 382 g/mol. The zero-order valence-electron chi connectivity index (χ0n) is 16.3. The van der Waals surface area contributed by atoms with E-state index in [9.17, 15) is 4.79 Å². The number of carbonyl (C=O) groups excluding carboxylic acids is 1. The highest BCUT2D eigenvalue weighted by Gasteiger charge is 2.04. The predicted molar refractivity (Wildman–Crippen MR) is 123 cm³/mol. The van der Waals surface area contributed by atoms with E-state index >= 15 is 0 Å². The summed E-state index contributed by atoms with van der Waals surface area (Å²) in [6.07, 6.45) is 2.70. The van der Waals surface area contributed by atoms with Gasteiger partial charge >= 0.3 is 0 Å². The normalized spacial score (nSPS) is 10.1. The first kappa shape index (κ1) is 20.5. The van der Waals surface area contributed by atoms with Crippen molar-refractivity contribution in [2.45, 2.75) is 0 Å². The maximum Gasteiger partial charge on any atom is 0.150 e. The van der Waals surface area contributed by atoms with E-state index in [1.165, 1.54) is 23.4 Å². The van der Waals surface area contributed by atoms with Crippen LogP contribution in [-0.2, 0) is 4.18 Å². The van der Waals surface area contributed by atoms with Crippen LogP contribution in [0.5, 0.6) is 0 Å². The Kier molecular flexibility index (Phi) is 7.33. The molecule has 0 radical (unpaired) electrons. The van der Waals surface area contributed by atoms with Crippen LogP contribution in [0.4, 0.5) is 11.4 Å². The Balaban J connectivity index is 0.000000186. The van der Waals surface area contributed by atoms with Crippen LogP contribution in [0.3, 0.4) is 0 Å². The van der Waals surface area contributed by atoms with Crippen LogP contribution in [0, 0.1) is 0 Å². The third-order valence-electron chi connectivity index (χ3n) is 4.39. The molecule has 1 aromatic heterocycles.